The molecule has 0 aliphatic rings. The molecule has 21 heavy (non-hydrogen) atoms. The minimum absolute atomic E-state index is 0.109. The van der Waals surface area contributed by atoms with Crippen molar-refractivity contribution in [3.63, 3.8) is 0 Å². The Bertz CT molecular complexity index is 714. The number of rotatable bonds is 4. The molecule has 5 nitrogen and oxygen atoms in total. The summed E-state index contributed by atoms with van der Waals surface area (Å²) in [5.74, 6) is -1.49. The van der Waals surface area contributed by atoms with E-state index in [4.69, 9.17) is 16.7 Å². The zero-order valence-corrected chi connectivity index (χ0v) is 11.5. The molecule has 0 aromatic heterocycles. The molecule has 0 aliphatic carbocycles. The first kappa shape index (κ1) is 14.7. The van der Waals surface area contributed by atoms with Crippen molar-refractivity contribution in [3.05, 3.63) is 70.2 Å². The summed E-state index contributed by atoms with van der Waals surface area (Å²) in [5.41, 5.74) is 3.20. The Hall–Kier alpha value is -2.66. The van der Waals surface area contributed by atoms with Gasteiger partial charge in [-0.05, 0) is 24.3 Å². The summed E-state index contributed by atoms with van der Waals surface area (Å²) >= 11 is 5.79. The van der Waals surface area contributed by atoms with E-state index in [1.165, 1.54) is 18.3 Å². The number of nitrogens with one attached hydrogen (secondary N) is 1. The summed E-state index contributed by atoms with van der Waals surface area (Å²) in [4.78, 5) is 22.8. The molecule has 1 amide bonds. The first-order valence-corrected chi connectivity index (χ1v) is 6.37. The standard InChI is InChI=1S/C15H11ClN2O3/c16-12-6-3-5-10(8-12)14(19)18-17-9-11-4-1-2-7-13(11)15(20)21/h1-9H,(H,18,19)(H,20,21)/b17-9-. The van der Waals surface area contributed by atoms with Crippen molar-refractivity contribution < 1.29 is 14.7 Å². The van der Waals surface area contributed by atoms with Crippen molar-refractivity contribution in [2.24, 2.45) is 5.10 Å². The molecule has 2 aromatic carbocycles. The number of hydrazone groups is 1. The Morgan fingerprint density at radius 3 is 2.62 bits per heavy atom. The van der Waals surface area contributed by atoms with E-state index >= 15 is 0 Å². The van der Waals surface area contributed by atoms with Crippen LogP contribution in [0.25, 0.3) is 0 Å². The van der Waals surface area contributed by atoms with E-state index in [9.17, 15) is 9.59 Å². The monoisotopic (exact) mass is 302 g/mol. The quantitative estimate of drug-likeness (QED) is 0.673. The van der Waals surface area contributed by atoms with Crippen molar-refractivity contribution in [1.29, 1.82) is 0 Å². The minimum Gasteiger partial charge on any atom is -0.478 e. The molecular formula is C15H11ClN2O3. The molecule has 6 heteroatoms. The third-order valence-corrected chi connectivity index (χ3v) is 2.88. The van der Waals surface area contributed by atoms with Gasteiger partial charge in [0.15, 0.2) is 0 Å². The van der Waals surface area contributed by atoms with E-state index in [-0.39, 0.29) is 5.56 Å². The Kier molecular flexibility index (Phi) is 4.68. The average Bonchev–Trinajstić information content (AvgIpc) is 2.47. The summed E-state index contributed by atoms with van der Waals surface area (Å²) in [5, 5.41) is 13.2. The molecule has 2 rings (SSSR count). The van der Waals surface area contributed by atoms with Crippen molar-refractivity contribution in [1.82, 2.24) is 5.43 Å². The van der Waals surface area contributed by atoms with Gasteiger partial charge in [-0.1, -0.05) is 35.9 Å². The summed E-state index contributed by atoms with van der Waals surface area (Å²) in [6.07, 6.45) is 1.28. The Balaban J connectivity index is 2.09. The van der Waals surface area contributed by atoms with Gasteiger partial charge < -0.3 is 5.11 Å². The smallest absolute Gasteiger partial charge is 0.336 e. The topological polar surface area (TPSA) is 78.8 Å². The van der Waals surface area contributed by atoms with Crippen molar-refractivity contribution in [2.45, 2.75) is 0 Å². The second kappa shape index (κ2) is 6.67. The van der Waals surface area contributed by atoms with Crippen molar-refractivity contribution in [3.8, 4) is 0 Å². The van der Waals surface area contributed by atoms with Crippen LogP contribution in [0.2, 0.25) is 5.02 Å². The largest absolute Gasteiger partial charge is 0.478 e. The number of hydrogen-bond acceptors (Lipinski definition) is 3. The number of carbonyl (C=O) groups excluding carboxylic acids is 1. The highest BCUT2D eigenvalue weighted by Gasteiger charge is 2.07. The minimum atomic E-state index is -1.06. The van der Waals surface area contributed by atoms with Crippen LogP contribution in [-0.2, 0) is 0 Å². The highest BCUT2D eigenvalue weighted by atomic mass is 35.5. The average molecular weight is 303 g/mol. The van der Waals surface area contributed by atoms with Crippen LogP contribution < -0.4 is 5.43 Å². The molecular weight excluding hydrogens is 292 g/mol. The van der Waals surface area contributed by atoms with Crippen LogP contribution in [0, 0.1) is 0 Å². The van der Waals surface area contributed by atoms with Crippen LogP contribution in [0.4, 0.5) is 0 Å². The van der Waals surface area contributed by atoms with Gasteiger partial charge in [-0.15, -0.1) is 0 Å². The number of carbonyl (C=O) groups is 2. The second-order valence-corrected chi connectivity index (χ2v) is 4.54. The molecule has 0 heterocycles. The van der Waals surface area contributed by atoms with Crippen LogP contribution in [0.1, 0.15) is 26.3 Å². The molecule has 0 atom stereocenters. The van der Waals surface area contributed by atoms with Gasteiger partial charge in [0.1, 0.15) is 0 Å². The lowest BCUT2D eigenvalue weighted by Crippen LogP contribution is -2.17. The van der Waals surface area contributed by atoms with Crippen LogP contribution in [-0.4, -0.2) is 23.2 Å². The van der Waals surface area contributed by atoms with Crippen LogP contribution >= 0.6 is 11.6 Å². The molecule has 0 bridgehead atoms. The predicted molar refractivity (Wildman–Crippen MR) is 79.9 cm³/mol. The van der Waals surface area contributed by atoms with Gasteiger partial charge in [0.2, 0.25) is 0 Å². The summed E-state index contributed by atoms with van der Waals surface area (Å²) in [6.45, 7) is 0. The zero-order valence-electron chi connectivity index (χ0n) is 10.8. The van der Waals surface area contributed by atoms with Crippen LogP contribution in [0.5, 0.6) is 0 Å². The lowest BCUT2D eigenvalue weighted by atomic mass is 10.1. The van der Waals surface area contributed by atoms with Gasteiger partial charge in [-0.3, -0.25) is 4.79 Å². The van der Waals surface area contributed by atoms with E-state index in [0.29, 0.717) is 16.1 Å². The summed E-state index contributed by atoms with van der Waals surface area (Å²) in [7, 11) is 0. The number of halogens is 1. The molecule has 2 N–H and O–H groups in total. The fourth-order valence-corrected chi connectivity index (χ4v) is 1.85. The van der Waals surface area contributed by atoms with Crippen molar-refractivity contribution >= 4 is 29.7 Å². The number of hydrogen-bond donors (Lipinski definition) is 2. The molecule has 0 saturated carbocycles. The van der Waals surface area contributed by atoms with E-state index in [0.717, 1.165) is 0 Å². The molecule has 0 saturated heterocycles. The number of benzene rings is 2. The van der Waals surface area contributed by atoms with Gasteiger partial charge in [0, 0.05) is 16.1 Å². The van der Waals surface area contributed by atoms with Crippen LogP contribution in [0.3, 0.4) is 0 Å². The fourth-order valence-electron chi connectivity index (χ4n) is 1.66. The molecule has 0 radical (unpaired) electrons. The molecule has 0 spiro atoms. The maximum atomic E-state index is 11.8. The number of amides is 1. The number of carboxylic acid groups (broad SMARTS) is 1. The molecule has 106 valence electrons. The Labute approximate surface area is 125 Å². The molecule has 0 unspecified atom stereocenters. The Morgan fingerprint density at radius 1 is 1.14 bits per heavy atom. The van der Waals surface area contributed by atoms with Gasteiger partial charge >= 0.3 is 5.97 Å². The number of aromatic carboxylic acids is 1. The lowest BCUT2D eigenvalue weighted by Gasteiger charge is -2.01. The number of carboxylic acids is 1. The third kappa shape index (κ3) is 3.90. The van der Waals surface area contributed by atoms with Crippen molar-refractivity contribution in [2.75, 3.05) is 0 Å². The van der Waals surface area contributed by atoms with Gasteiger partial charge in [0.25, 0.3) is 5.91 Å². The van der Waals surface area contributed by atoms with Gasteiger partial charge in [-0.25, -0.2) is 10.2 Å². The zero-order chi connectivity index (χ0) is 15.2. The maximum absolute atomic E-state index is 11.8. The molecule has 0 aliphatic heterocycles. The highest BCUT2D eigenvalue weighted by molar-refractivity contribution is 6.30. The number of nitrogens with zero attached hydrogens (tertiary/aromatic N) is 1. The normalized spacial score (nSPS) is 10.5. The van der Waals surface area contributed by atoms with E-state index < -0.39 is 11.9 Å². The maximum Gasteiger partial charge on any atom is 0.336 e. The van der Waals surface area contributed by atoms with Crippen LogP contribution in [0.15, 0.2) is 53.6 Å². The second-order valence-electron chi connectivity index (χ2n) is 4.10. The first-order chi connectivity index (χ1) is 10.1. The third-order valence-electron chi connectivity index (χ3n) is 2.65. The van der Waals surface area contributed by atoms with Gasteiger partial charge in [-0.2, -0.15) is 5.10 Å². The summed E-state index contributed by atoms with van der Waals surface area (Å²) < 4.78 is 0. The molecule has 2 aromatic rings. The Morgan fingerprint density at radius 2 is 1.90 bits per heavy atom. The fraction of sp³-hybridized carbons (Fsp3) is 0. The first-order valence-electron chi connectivity index (χ1n) is 5.99. The highest BCUT2D eigenvalue weighted by Crippen LogP contribution is 2.10. The van der Waals surface area contributed by atoms with E-state index in [1.807, 2.05) is 0 Å². The summed E-state index contributed by atoms with van der Waals surface area (Å²) in [6, 6.07) is 12.8. The SMILES string of the molecule is O=C(N/N=C\c1ccccc1C(=O)O)c1cccc(Cl)c1. The lowest BCUT2D eigenvalue weighted by molar-refractivity contribution is 0.0696. The van der Waals surface area contributed by atoms with Gasteiger partial charge in [0.05, 0.1) is 11.8 Å². The van der Waals surface area contributed by atoms with E-state index in [1.54, 1.807) is 36.4 Å². The molecule has 0 fully saturated rings. The predicted octanol–water partition coefficient (Wildman–Crippen LogP) is 2.80. The van der Waals surface area contributed by atoms with E-state index in [2.05, 4.69) is 10.5 Å².